The first kappa shape index (κ1) is 17.5. The highest BCUT2D eigenvalue weighted by molar-refractivity contribution is 5.68. The van der Waals surface area contributed by atoms with Crippen molar-refractivity contribution in [3.8, 4) is 0 Å². The standard InChI is InChI=1S/C17H28N4O2/c1-12(2)8-13-9-18-15(19-10-13)20-14-6-7-21(11-14)16(22)23-17(3,4)5/h9-10,12,14H,6-8,11H2,1-5H3,(H,18,19,20)/t14-/m1/s1. The van der Waals surface area contributed by atoms with E-state index in [-0.39, 0.29) is 12.1 Å². The van der Waals surface area contributed by atoms with Crippen LogP contribution in [0.25, 0.3) is 0 Å². The Kier molecular flexibility index (Phi) is 5.44. The normalized spacial score (nSPS) is 18.3. The fourth-order valence-corrected chi connectivity index (χ4v) is 2.56. The molecule has 6 nitrogen and oxygen atoms in total. The van der Waals surface area contributed by atoms with Crippen LogP contribution in [0.15, 0.2) is 12.4 Å². The molecular formula is C17H28N4O2. The number of amides is 1. The molecule has 1 N–H and O–H groups in total. The first-order valence-corrected chi connectivity index (χ1v) is 8.28. The maximum Gasteiger partial charge on any atom is 0.410 e. The van der Waals surface area contributed by atoms with Crippen LogP contribution in [0.4, 0.5) is 10.7 Å². The minimum absolute atomic E-state index is 0.165. The summed E-state index contributed by atoms with van der Waals surface area (Å²) in [6.45, 7) is 11.3. The van der Waals surface area contributed by atoms with Gasteiger partial charge in [-0.1, -0.05) is 13.8 Å². The Morgan fingerprint density at radius 1 is 1.39 bits per heavy atom. The molecule has 0 aromatic carbocycles. The highest BCUT2D eigenvalue weighted by Gasteiger charge is 2.30. The lowest BCUT2D eigenvalue weighted by atomic mass is 10.1. The number of rotatable bonds is 4. The van der Waals surface area contributed by atoms with Crippen LogP contribution in [0.3, 0.4) is 0 Å². The molecule has 0 radical (unpaired) electrons. The summed E-state index contributed by atoms with van der Waals surface area (Å²) in [5.74, 6) is 1.21. The van der Waals surface area contributed by atoms with E-state index in [4.69, 9.17) is 4.74 Å². The minimum Gasteiger partial charge on any atom is -0.444 e. The Morgan fingerprint density at radius 3 is 2.61 bits per heavy atom. The van der Waals surface area contributed by atoms with Gasteiger partial charge in [-0.3, -0.25) is 0 Å². The Hall–Kier alpha value is -1.85. The van der Waals surface area contributed by atoms with Gasteiger partial charge in [-0.05, 0) is 45.1 Å². The van der Waals surface area contributed by atoms with Crippen LogP contribution < -0.4 is 5.32 Å². The molecule has 128 valence electrons. The number of nitrogens with zero attached hydrogens (tertiary/aromatic N) is 3. The number of carbonyl (C=O) groups is 1. The van der Waals surface area contributed by atoms with Crippen molar-refractivity contribution in [1.82, 2.24) is 14.9 Å². The smallest absolute Gasteiger partial charge is 0.410 e. The predicted molar refractivity (Wildman–Crippen MR) is 90.4 cm³/mol. The highest BCUT2D eigenvalue weighted by atomic mass is 16.6. The number of likely N-dealkylation sites (tertiary alicyclic amines) is 1. The first-order chi connectivity index (χ1) is 10.7. The van der Waals surface area contributed by atoms with Gasteiger partial charge < -0.3 is 15.0 Å². The maximum atomic E-state index is 12.1. The fraction of sp³-hybridized carbons (Fsp3) is 0.706. The molecule has 1 aliphatic heterocycles. The third-order valence-electron chi connectivity index (χ3n) is 3.52. The molecular weight excluding hydrogens is 292 g/mol. The summed E-state index contributed by atoms with van der Waals surface area (Å²) in [6.07, 6.45) is 5.34. The monoisotopic (exact) mass is 320 g/mol. The average Bonchev–Trinajstić information content (AvgIpc) is 2.87. The Balaban J connectivity index is 1.84. The van der Waals surface area contributed by atoms with E-state index in [1.54, 1.807) is 4.90 Å². The SMILES string of the molecule is CC(C)Cc1cnc(N[C@@H]2CCN(C(=O)OC(C)(C)C)C2)nc1. The lowest BCUT2D eigenvalue weighted by molar-refractivity contribution is 0.0293. The van der Waals surface area contributed by atoms with E-state index in [2.05, 4.69) is 29.1 Å². The van der Waals surface area contributed by atoms with Gasteiger partial charge >= 0.3 is 6.09 Å². The minimum atomic E-state index is -0.460. The molecule has 0 bridgehead atoms. The number of aromatic nitrogens is 2. The molecule has 0 unspecified atom stereocenters. The summed E-state index contributed by atoms with van der Waals surface area (Å²) in [5.41, 5.74) is 0.685. The predicted octanol–water partition coefficient (Wildman–Crippen LogP) is 3.10. The van der Waals surface area contributed by atoms with E-state index in [1.165, 1.54) is 0 Å². The fourth-order valence-electron chi connectivity index (χ4n) is 2.56. The average molecular weight is 320 g/mol. The van der Waals surface area contributed by atoms with Crippen molar-refractivity contribution in [1.29, 1.82) is 0 Å². The molecule has 6 heteroatoms. The largest absolute Gasteiger partial charge is 0.444 e. The van der Waals surface area contributed by atoms with Crippen molar-refractivity contribution in [3.63, 3.8) is 0 Å². The molecule has 0 aliphatic carbocycles. The third-order valence-corrected chi connectivity index (χ3v) is 3.52. The first-order valence-electron chi connectivity index (χ1n) is 8.28. The van der Waals surface area contributed by atoms with Crippen molar-refractivity contribution in [2.45, 2.75) is 59.1 Å². The van der Waals surface area contributed by atoms with Gasteiger partial charge in [-0.25, -0.2) is 14.8 Å². The van der Waals surface area contributed by atoms with E-state index in [1.807, 2.05) is 33.2 Å². The van der Waals surface area contributed by atoms with Crippen LogP contribution in [0.1, 0.15) is 46.6 Å². The molecule has 1 atom stereocenters. The van der Waals surface area contributed by atoms with Gasteiger partial charge in [0.15, 0.2) is 0 Å². The summed E-state index contributed by atoms with van der Waals surface area (Å²) in [6, 6.07) is 0.165. The van der Waals surface area contributed by atoms with Crippen molar-refractivity contribution in [3.05, 3.63) is 18.0 Å². The summed E-state index contributed by atoms with van der Waals surface area (Å²) in [5, 5.41) is 3.30. The summed E-state index contributed by atoms with van der Waals surface area (Å²) in [4.78, 5) is 22.5. The van der Waals surface area contributed by atoms with Gasteiger partial charge in [0.1, 0.15) is 5.60 Å². The molecule has 1 amide bonds. The Labute approximate surface area is 138 Å². The molecule has 0 saturated carbocycles. The van der Waals surface area contributed by atoms with Crippen LogP contribution in [0.2, 0.25) is 0 Å². The second-order valence-corrected chi connectivity index (χ2v) is 7.57. The van der Waals surface area contributed by atoms with Crippen LogP contribution in [0.5, 0.6) is 0 Å². The van der Waals surface area contributed by atoms with Crippen LogP contribution in [-0.2, 0) is 11.2 Å². The highest BCUT2D eigenvalue weighted by Crippen LogP contribution is 2.17. The number of carbonyl (C=O) groups excluding carboxylic acids is 1. The van der Waals surface area contributed by atoms with Gasteiger partial charge in [0, 0.05) is 31.5 Å². The van der Waals surface area contributed by atoms with E-state index in [0.717, 1.165) is 18.4 Å². The van der Waals surface area contributed by atoms with Gasteiger partial charge in [0.2, 0.25) is 5.95 Å². The lowest BCUT2D eigenvalue weighted by Gasteiger charge is -2.24. The summed E-state index contributed by atoms with van der Waals surface area (Å²) >= 11 is 0. The molecule has 1 aromatic rings. The number of nitrogens with one attached hydrogen (secondary N) is 1. The van der Waals surface area contributed by atoms with Crippen molar-refractivity contribution < 1.29 is 9.53 Å². The van der Waals surface area contributed by atoms with Crippen LogP contribution in [-0.4, -0.2) is 45.7 Å². The topological polar surface area (TPSA) is 67.4 Å². The second-order valence-electron chi connectivity index (χ2n) is 7.57. The molecule has 2 rings (SSSR count). The van der Waals surface area contributed by atoms with Crippen LogP contribution in [0, 0.1) is 5.92 Å². The van der Waals surface area contributed by atoms with E-state index in [9.17, 15) is 4.79 Å². The number of hydrogen-bond acceptors (Lipinski definition) is 5. The molecule has 0 spiro atoms. The number of anilines is 1. The quantitative estimate of drug-likeness (QED) is 0.923. The summed E-state index contributed by atoms with van der Waals surface area (Å²) in [7, 11) is 0. The Morgan fingerprint density at radius 2 is 2.04 bits per heavy atom. The summed E-state index contributed by atoms with van der Waals surface area (Å²) < 4.78 is 5.40. The zero-order chi connectivity index (χ0) is 17.0. The van der Waals surface area contributed by atoms with E-state index >= 15 is 0 Å². The zero-order valence-corrected chi connectivity index (χ0v) is 14.8. The van der Waals surface area contributed by atoms with Gasteiger partial charge in [0.05, 0.1) is 0 Å². The third kappa shape index (κ3) is 5.69. The molecule has 1 fully saturated rings. The van der Waals surface area contributed by atoms with Crippen molar-refractivity contribution >= 4 is 12.0 Å². The molecule has 1 aliphatic rings. The Bertz CT molecular complexity index is 522. The molecule has 1 aromatic heterocycles. The number of hydrogen-bond donors (Lipinski definition) is 1. The maximum absolute atomic E-state index is 12.1. The molecule has 1 saturated heterocycles. The van der Waals surface area contributed by atoms with E-state index in [0.29, 0.717) is 25.0 Å². The van der Waals surface area contributed by atoms with E-state index < -0.39 is 5.60 Å². The molecule has 2 heterocycles. The lowest BCUT2D eigenvalue weighted by Crippen LogP contribution is -2.36. The molecule has 23 heavy (non-hydrogen) atoms. The van der Waals surface area contributed by atoms with Crippen LogP contribution >= 0.6 is 0 Å². The van der Waals surface area contributed by atoms with Crippen molar-refractivity contribution in [2.24, 2.45) is 5.92 Å². The van der Waals surface area contributed by atoms with Gasteiger partial charge in [-0.15, -0.1) is 0 Å². The van der Waals surface area contributed by atoms with Crippen molar-refractivity contribution in [2.75, 3.05) is 18.4 Å². The number of ether oxygens (including phenoxy) is 1. The van der Waals surface area contributed by atoms with Gasteiger partial charge in [-0.2, -0.15) is 0 Å². The second kappa shape index (κ2) is 7.15. The van der Waals surface area contributed by atoms with Gasteiger partial charge in [0.25, 0.3) is 0 Å². The zero-order valence-electron chi connectivity index (χ0n) is 14.8.